The number of ether oxygens (including phenoxy) is 1. The van der Waals surface area contributed by atoms with Crippen molar-refractivity contribution in [3.63, 3.8) is 0 Å². The van der Waals surface area contributed by atoms with Crippen molar-refractivity contribution in [1.82, 2.24) is 5.43 Å². The molecule has 0 aliphatic rings. The molecule has 0 fully saturated rings. The van der Waals surface area contributed by atoms with Gasteiger partial charge in [0.2, 0.25) is 0 Å². The van der Waals surface area contributed by atoms with Gasteiger partial charge in [-0.1, -0.05) is 30.3 Å². The molecule has 0 aromatic heterocycles. The van der Waals surface area contributed by atoms with Crippen molar-refractivity contribution in [2.75, 3.05) is 6.61 Å². The van der Waals surface area contributed by atoms with Crippen LogP contribution in [0.25, 0.3) is 0 Å². The number of rotatable bonds is 5. The highest BCUT2D eigenvalue weighted by Gasteiger charge is 2.07. The summed E-state index contributed by atoms with van der Waals surface area (Å²) in [5.74, 6) is -1.85. The van der Waals surface area contributed by atoms with Crippen LogP contribution < -0.4 is 10.2 Å². The van der Waals surface area contributed by atoms with Gasteiger partial charge < -0.3 is 4.74 Å². The van der Waals surface area contributed by atoms with Crippen LogP contribution in [0.3, 0.4) is 0 Å². The number of amides is 1. The van der Waals surface area contributed by atoms with E-state index in [9.17, 15) is 13.6 Å². The summed E-state index contributed by atoms with van der Waals surface area (Å²) in [5.41, 5.74) is 3.99. The third-order valence-corrected chi connectivity index (χ3v) is 3.13. The second-order valence-electron chi connectivity index (χ2n) is 4.95. The third-order valence-electron chi connectivity index (χ3n) is 3.13. The monoisotopic (exact) mass is 318 g/mol. The Balaban J connectivity index is 1.90. The summed E-state index contributed by atoms with van der Waals surface area (Å²) >= 11 is 0. The Bertz CT molecular complexity index is 725. The number of hydrogen-bond donors (Lipinski definition) is 1. The summed E-state index contributed by atoms with van der Waals surface area (Å²) in [6.07, 6.45) is 1.04. The average Bonchev–Trinajstić information content (AvgIpc) is 2.51. The first-order valence-corrected chi connectivity index (χ1v) is 6.94. The number of aryl methyl sites for hydroxylation is 2. The molecular weight excluding hydrogens is 302 g/mol. The van der Waals surface area contributed by atoms with E-state index in [2.05, 4.69) is 10.5 Å². The van der Waals surface area contributed by atoms with Gasteiger partial charge in [-0.2, -0.15) is 5.10 Å². The lowest BCUT2D eigenvalue weighted by Crippen LogP contribution is -2.25. The van der Waals surface area contributed by atoms with Gasteiger partial charge in [0.25, 0.3) is 5.91 Å². The molecule has 0 saturated carbocycles. The fourth-order valence-electron chi connectivity index (χ4n) is 1.99. The Hall–Kier alpha value is -2.76. The number of nitrogens with zero attached hydrogens (tertiary/aromatic N) is 1. The molecule has 23 heavy (non-hydrogen) atoms. The first-order valence-electron chi connectivity index (χ1n) is 6.94. The topological polar surface area (TPSA) is 50.7 Å². The molecule has 0 saturated heterocycles. The predicted molar refractivity (Wildman–Crippen MR) is 83.5 cm³/mol. The molecule has 1 amide bonds. The fourth-order valence-corrected chi connectivity index (χ4v) is 1.99. The minimum atomic E-state index is -1.02. The lowest BCUT2D eigenvalue weighted by Gasteiger charge is -2.10. The standard InChI is InChI=1S/C17H16F2N2O2/c1-11-5-3-6-12(2)17(11)23-10-15(22)21-20-9-13-7-4-8-14(18)16(13)19/h3-9H,10H2,1-2H3,(H,21,22). The zero-order chi connectivity index (χ0) is 16.8. The molecule has 2 rings (SSSR count). The SMILES string of the molecule is Cc1cccc(C)c1OCC(=O)NN=Cc1cccc(F)c1F. The molecule has 0 aliphatic carbocycles. The second-order valence-corrected chi connectivity index (χ2v) is 4.95. The Morgan fingerprint density at radius 2 is 1.83 bits per heavy atom. The summed E-state index contributed by atoms with van der Waals surface area (Å²) in [5, 5.41) is 3.59. The van der Waals surface area contributed by atoms with Crippen LogP contribution in [0.1, 0.15) is 16.7 Å². The van der Waals surface area contributed by atoms with Gasteiger partial charge in [0.1, 0.15) is 5.75 Å². The number of nitrogens with one attached hydrogen (secondary N) is 1. The molecule has 0 unspecified atom stereocenters. The van der Waals surface area contributed by atoms with E-state index < -0.39 is 17.5 Å². The molecule has 6 heteroatoms. The summed E-state index contributed by atoms with van der Waals surface area (Å²) in [6.45, 7) is 3.53. The highest BCUT2D eigenvalue weighted by atomic mass is 19.2. The highest BCUT2D eigenvalue weighted by Crippen LogP contribution is 2.21. The van der Waals surface area contributed by atoms with E-state index in [1.807, 2.05) is 32.0 Å². The van der Waals surface area contributed by atoms with Crippen LogP contribution in [-0.2, 0) is 4.79 Å². The van der Waals surface area contributed by atoms with Crippen LogP contribution in [0, 0.1) is 25.5 Å². The summed E-state index contributed by atoms with van der Waals surface area (Å²) in [6, 6.07) is 9.36. The summed E-state index contributed by atoms with van der Waals surface area (Å²) < 4.78 is 31.8. The Labute approximate surface area is 132 Å². The number of carbonyl (C=O) groups excluding carboxylic acids is 1. The smallest absolute Gasteiger partial charge is 0.277 e. The van der Waals surface area contributed by atoms with Gasteiger partial charge in [0.05, 0.1) is 6.21 Å². The summed E-state index contributed by atoms with van der Waals surface area (Å²) in [7, 11) is 0. The van der Waals surface area contributed by atoms with Crippen LogP contribution in [0.5, 0.6) is 5.75 Å². The van der Waals surface area contributed by atoms with E-state index >= 15 is 0 Å². The van der Waals surface area contributed by atoms with Crippen molar-refractivity contribution in [3.8, 4) is 5.75 Å². The molecule has 0 bridgehead atoms. The Kier molecular flexibility index (Phi) is 5.41. The number of para-hydroxylation sites is 1. The van der Waals surface area contributed by atoms with Crippen molar-refractivity contribution >= 4 is 12.1 Å². The van der Waals surface area contributed by atoms with E-state index in [1.54, 1.807) is 0 Å². The lowest BCUT2D eigenvalue weighted by atomic mass is 10.1. The van der Waals surface area contributed by atoms with Gasteiger partial charge >= 0.3 is 0 Å². The molecule has 0 radical (unpaired) electrons. The van der Waals surface area contributed by atoms with Gasteiger partial charge in [-0.3, -0.25) is 4.79 Å². The first kappa shape index (κ1) is 16.6. The van der Waals surface area contributed by atoms with E-state index in [1.165, 1.54) is 12.1 Å². The van der Waals surface area contributed by atoms with Gasteiger partial charge in [-0.15, -0.1) is 0 Å². The molecule has 2 aromatic rings. The minimum Gasteiger partial charge on any atom is -0.483 e. The molecule has 0 spiro atoms. The lowest BCUT2D eigenvalue weighted by molar-refractivity contribution is -0.123. The number of halogens is 2. The zero-order valence-corrected chi connectivity index (χ0v) is 12.8. The maximum absolute atomic E-state index is 13.4. The van der Waals surface area contributed by atoms with E-state index in [4.69, 9.17) is 4.74 Å². The molecule has 2 aromatic carbocycles. The van der Waals surface area contributed by atoms with Crippen LogP contribution >= 0.6 is 0 Å². The number of hydrogen-bond acceptors (Lipinski definition) is 3. The van der Waals surface area contributed by atoms with Gasteiger partial charge in [-0.25, -0.2) is 14.2 Å². The number of hydrazone groups is 1. The van der Waals surface area contributed by atoms with Crippen LogP contribution in [0.2, 0.25) is 0 Å². The minimum absolute atomic E-state index is 0.0547. The Morgan fingerprint density at radius 1 is 1.17 bits per heavy atom. The number of carbonyl (C=O) groups is 1. The largest absolute Gasteiger partial charge is 0.483 e. The molecule has 120 valence electrons. The van der Waals surface area contributed by atoms with E-state index in [0.717, 1.165) is 23.4 Å². The highest BCUT2D eigenvalue weighted by molar-refractivity contribution is 5.83. The normalized spacial score (nSPS) is 10.8. The number of benzene rings is 2. The van der Waals surface area contributed by atoms with Crippen molar-refractivity contribution in [2.24, 2.45) is 5.10 Å². The Morgan fingerprint density at radius 3 is 2.52 bits per heavy atom. The average molecular weight is 318 g/mol. The van der Waals surface area contributed by atoms with Crippen LogP contribution in [0.4, 0.5) is 8.78 Å². The molecule has 0 heterocycles. The summed E-state index contributed by atoms with van der Waals surface area (Å²) in [4.78, 5) is 11.7. The fraction of sp³-hybridized carbons (Fsp3) is 0.176. The second kappa shape index (κ2) is 7.49. The van der Waals surface area contributed by atoms with Crippen molar-refractivity contribution < 1.29 is 18.3 Å². The maximum Gasteiger partial charge on any atom is 0.277 e. The molecule has 1 N–H and O–H groups in total. The first-order chi connectivity index (χ1) is 11.0. The molecule has 0 aliphatic heterocycles. The van der Waals surface area contributed by atoms with Gasteiger partial charge in [0.15, 0.2) is 18.2 Å². The van der Waals surface area contributed by atoms with Crippen molar-refractivity contribution in [3.05, 3.63) is 64.7 Å². The molecular formula is C17H16F2N2O2. The van der Waals surface area contributed by atoms with Crippen molar-refractivity contribution in [2.45, 2.75) is 13.8 Å². The molecule has 0 atom stereocenters. The van der Waals surface area contributed by atoms with Crippen LogP contribution in [0.15, 0.2) is 41.5 Å². The van der Waals surface area contributed by atoms with Crippen LogP contribution in [-0.4, -0.2) is 18.7 Å². The van der Waals surface area contributed by atoms with E-state index in [-0.39, 0.29) is 12.2 Å². The van der Waals surface area contributed by atoms with Gasteiger partial charge in [0, 0.05) is 5.56 Å². The zero-order valence-electron chi connectivity index (χ0n) is 12.8. The van der Waals surface area contributed by atoms with Crippen molar-refractivity contribution in [1.29, 1.82) is 0 Å². The van der Waals surface area contributed by atoms with Gasteiger partial charge in [-0.05, 0) is 31.0 Å². The molecule has 4 nitrogen and oxygen atoms in total. The predicted octanol–water partition coefficient (Wildman–Crippen LogP) is 3.11. The quantitative estimate of drug-likeness (QED) is 0.680. The third kappa shape index (κ3) is 4.35. The maximum atomic E-state index is 13.4. The van der Waals surface area contributed by atoms with E-state index in [0.29, 0.717) is 5.75 Å².